The minimum absolute atomic E-state index is 0.200. The van der Waals surface area contributed by atoms with Gasteiger partial charge in [-0.1, -0.05) is 0 Å². The average molecular weight is 263 g/mol. The zero-order valence-corrected chi connectivity index (χ0v) is 9.58. The van der Waals surface area contributed by atoms with E-state index in [9.17, 15) is 17.2 Å². The van der Waals surface area contributed by atoms with Crippen LogP contribution in [0.1, 0.15) is 0 Å². The van der Waals surface area contributed by atoms with E-state index in [1.165, 1.54) is 0 Å². The van der Waals surface area contributed by atoms with Crippen LogP contribution < -0.4 is 10.5 Å². The fraction of sp³-hybridized carbons (Fsp3) is 0.400. The molecular weight excluding hydrogens is 252 g/mol. The lowest BCUT2D eigenvalue weighted by Crippen LogP contribution is -2.37. The van der Waals surface area contributed by atoms with Crippen LogP contribution in [0.15, 0.2) is 18.2 Å². The Balaban J connectivity index is 2.19. The second kappa shape index (κ2) is 4.23. The molecule has 7 heteroatoms. The van der Waals surface area contributed by atoms with Crippen molar-refractivity contribution >= 4 is 9.84 Å². The van der Waals surface area contributed by atoms with Gasteiger partial charge >= 0.3 is 0 Å². The number of nitrogens with two attached hydrogens (primary N) is 1. The van der Waals surface area contributed by atoms with E-state index in [1.54, 1.807) is 0 Å². The van der Waals surface area contributed by atoms with Crippen LogP contribution in [0.2, 0.25) is 0 Å². The number of hydrogen-bond donors (Lipinski definition) is 1. The molecular formula is C10H11F2NO3S. The summed E-state index contributed by atoms with van der Waals surface area (Å²) >= 11 is 0. The van der Waals surface area contributed by atoms with E-state index < -0.39 is 33.6 Å². The molecule has 0 spiro atoms. The highest BCUT2D eigenvalue weighted by atomic mass is 32.2. The quantitative estimate of drug-likeness (QED) is 0.842. The zero-order chi connectivity index (χ0) is 12.6. The molecule has 2 atom stereocenters. The van der Waals surface area contributed by atoms with E-state index in [0.29, 0.717) is 0 Å². The van der Waals surface area contributed by atoms with Crippen LogP contribution in [0.4, 0.5) is 8.78 Å². The predicted octanol–water partition coefficient (Wildman–Crippen LogP) is 0.468. The van der Waals surface area contributed by atoms with Gasteiger partial charge in [-0.3, -0.25) is 0 Å². The van der Waals surface area contributed by atoms with Crippen LogP contribution in [0.5, 0.6) is 5.75 Å². The predicted molar refractivity (Wildman–Crippen MR) is 57.4 cm³/mol. The Kier molecular flexibility index (Phi) is 3.05. The Labute approximate surface area is 97.3 Å². The molecule has 0 radical (unpaired) electrons. The lowest BCUT2D eigenvalue weighted by Gasteiger charge is -2.16. The molecule has 1 aromatic carbocycles. The molecule has 2 unspecified atom stereocenters. The molecule has 2 N–H and O–H groups in total. The standard InChI is InChI=1S/C10H11F2NO3S/c11-6-1-2-7(12)9(3-6)16-10-5-17(14,15)4-8(10)13/h1-3,8,10H,4-5,13H2. The van der Waals surface area contributed by atoms with Gasteiger partial charge in [0.1, 0.15) is 11.9 Å². The van der Waals surface area contributed by atoms with Crippen LogP contribution >= 0.6 is 0 Å². The van der Waals surface area contributed by atoms with Crippen LogP contribution in [0, 0.1) is 11.6 Å². The number of benzene rings is 1. The Morgan fingerprint density at radius 1 is 1.29 bits per heavy atom. The number of rotatable bonds is 2. The van der Waals surface area contributed by atoms with Crippen molar-refractivity contribution in [3.05, 3.63) is 29.8 Å². The van der Waals surface area contributed by atoms with E-state index in [-0.39, 0.29) is 17.3 Å². The highest BCUT2D eigenvalue weighted by Crippen LogP contribution is 2.23. The second-order valence-electron chi connectivity index (χ2n) is 3.97. The molecule has 1 heterocycles. The minimum Gasteiger partial charge on any atom is -0.485 e. The molecule has 1 aromatic rings. The first-order valence-corrected chi connectivity index (χ1v) is 6.77. The van der Waals surface area contributed by atoms with Crippen LogP contribution in [-0.2, 0) is 9.84 Å². The van der Waals surface area contributed by atoms with Crippen LogP contribution in [0.3, 0.4) is 0 Å². The van der Waals surface area contributed by atoms with Gasteiger partial charge in [-0.25, -0.2) is 17.2 Å². The third-order valence-corrected chi connectivity index (χ3v) is 4.24. The Morgan fingerprint density at radius 3 is 2.59 bits per heavy atom. The first kappa shape index (κ1) is 12.3. The van der Waals surface area contributed by atoms with Gasteiger partial charge < -0.3 is 10.5 Å². The summed E-state index contributed by atoms with van der Waals surface area (Å²) in [6, 6.07) is 2.02. The first-order chi connectivity index (χ1) is 7.87. The number of ether oxygens (including phenoxy) is 1. The summed E-state index contributed by atoms with van der Waals surface area (Å²) in [5, 5.41) is 0. The molecule has 4 nitrogen and oxygen atoms in total. The van der Waals surface area contributed by atoms with Crippen molar-refractivity contribution in [3.63, 3.8) is 0 Å². The maximum Gasteiger partial charge on any atom is 0.165 e. The van der Waals surface area contributed by atoms with Crippen molar-refractivity contribution < 1.29 is 21.9 Å². The fourth-order valence-electron chi connectivity index (χ4n) is 1.69. The van der Waals surface area contributed by atoms with E-state index in [0.717, 1.165) is 18.2 Å². The normalized spacial score (nSPS) is 27.0. The van der Waals surface area contributed by atoms with Crippen molar-refractivity contribution in [2.24, 2.45) is 5.73 Å². The summed E-state index contributed by atoms with van der Waals surface area (Å²) < 4.78 is 53.8. The van der Waals surface area contributed by atoms with Crippen LogP contribution in [-0.4, -0.2) is 32.1 Å². The van der Waals surface area contributed by atoms with Crippen LogP contribution in [0.25, 0.3) is 0 Å². The van der Waals surface area contributed by atoms with E-state index in [1.807, 2.05) is 0 Å². The lowest BCUT2D eigenvalue weighted by molar-refractivity contribution is 0.199. The molecule has 1 saturated heterocycles. The summed E-state index contributed by atoms with van der Waals surface area (Å²) in [4.78, 5) is 0. The molecule has 0 amide bonds. The summed E-state index contributed by atoms with van der Waals surface area (Å²) in [6.07, 6.45) is -0.837. The molecule has 94 valence electrons. The van der Waals surface area contributed by atoms with Crippen molar-refractivity contribution in [2.75, 3.05) is 11.5 Å². The zero-order valence-electron chi connectivity index (χ0n) is 8.77. The largest absolute Gasteiger partial charge is 0.485 e. The summed E-state index contributed by atoms with van der Waals surface area (Å²) in [5.74, 6) is -2.19. The van der Waals surface area contributed by atoms with Gasteiger partial charge in [0.15, 0.2) is 21.4 Å². The number of hydrogen-bond acceptors (Lipinski definition) is 4. The molecule has 0 aliphatic carbocycles. The minimum atomic E-state index is -3.25. The smallest absolute Gasteiger partial charge is 0.165 e. The number of halogens is 2. The van der Waals surface area contributed by atoms with Gasteiger partial charge in [-0.15, -0.1) is 0 Å². The number of sulfone groups is 1. The fourth-order valence-corrected chi connectivity index (χ4v) is 3.45. The topological polar surface area (TPSA) is 69.4 Å². The molecule has 1 fully saturated rings. The Hall–Kier alpha value is -1.21. The van der Waals surface area contributed by atoms with Gasteiger partial charge in [-0.05, 0) is 12.1 Å². The van der Waals surface area contributed by atoms with Gasteiger partial charge in [-0.2, -0.15) is 0 Å². The Morgan fingerprint density at radius 2 is 2.00 bits per heavy atom. The maximum absolute atomic E-state index is 13.3. The van der Waals surface area contributed by atoms with Gasteiger partial charge in [0.2, 0.25) is 0 Å². The second-order valence-corrected chi connectivity index (χ2v) is 6.13. The third-order valence-electron chi connectivity index (χ3n) is 2.51. The Bertz CT molecular complexity index is 532. The highest BCUT2D eigenvalue weighted by molar-refractivity contribution is 7.91. The van der Waals surface area contributed by atoms with Gasteiger partial charge in [0.25, 0.3) is 0 Å². The molecule has 17 heavy (non-hydrogen) atoms. The van der Waals surface area contributed by atoms with Crippen molar-refractivity contribution in [3.8, 4) is 5.75 Å². The lowest BCUT2D eigenvalue weighted by atomic mass is 10.2. The van der Waals surface area contributed by atoms with E-state index in [2.05, 4.69) is 0 Å². The monoisotopic (exact) mass is 263 g/mol. The molecule has 0 saturated carbocycles. The maximum atomic E-state index is 13.3. The molecule has 0 aromatic heterocycles. The third kappa shape index (κ3) is 2.73. The van der Waals surface area contributed by atoms with E-state index >= 15 is 0 Å². The first-order valence-electron chi connectivity index (χ1n) is 4.95. The summed E-state index contributed by atoms with van der Waals surface area (Å²) in [5.41, 5.74) is 5.57. The average Bonchev–Trinajstić information content (AvgIpc) is 2.46. The van der Waals surface area contributed by atoms with Crippen molar-refractivity contribution in [1.29, 1.82) is 0 Å². The summed E-state index contributed by atoms with van der Waals surface area (Å²) in [7, 11) is -3.25. The summed E-state index contributed by atoms with van der Waals surface area (Å²) in [6.45, 7) is 0. The molecule has 2 rings (SSSR count). The van der Waals surface area contributed by atoms with Gasteiger partial charge in [0, 0.05) is 6.07 Å². The van der Waals surface area contributed by atoms with Gasteiger partial charge in [0.05, 0.1) is 17.5 Å². The molecule has 1 aliphatic rings. The molecule has 0 bridgehead atoms. The van der Waals surface area contributed by atoms with E-state index in [4.69, 9.17) is 10.5 Å². The van der Waals surface area contributed by atoms with Crippen molar-refractivity contribution in [1.82, 2.24) is 0 Å². The SMILES string of the molecule is NC1CS(=O)(=O)CC1Oc1cc(F)ccc1F. The van der Waals surface area contributed by atoms with Crippen molar-refractivity contribution in [2.45, 2.75) is 12.1 Å². The molecule has 1 aliphatic heterocycles. The highest BCUT2D eigenvalue weighted by Gasteiger charge is 2.37.